The number of carbonyl (C=O) groups excluding carboxylic acids is 1. The Morgan fingerprint density at radius 3 is 2.59 bits per heavy atom. The first-order chi connectivity index (χ1) is 8.27. The van der Waals surface area contributed by atoms with Crippen LogP contribution in [-0.2, 0) is 4.79 Å². The topological polar surface area (TPSA) is 78.1 Å². The van der Waals surface area contributed by atoms with Gasteiger partial charge >= 0.3 is 0 Å². The third-order valence-corrected chi connectivity index (χ3v) is 2.13. The van der Waals surface area contributed by atoms with E-state index < -0.39 is 12.0 Å². The lowest BCUT2D eigenvalue weighted by Crippen LogP contribution is -2.26. The molecule has 1 aromatic carbocycles. The highest BCUT2D eigenvalue weighted by Crippen LogP contribution is 2.19. The minimum Gasteiger partial charge on any atom is -0.474 e. The molecule has 0 aliphatic rings. The average Bonchev–Trinajstić information content (AvgIpc) is 2.38. The van der Waals surface area contributed by atoms with Gasteiger partial charge in [-0.2, -0.15) is 0 Å². The third-order valence-electron chi connectivity index (χ3n) is 2.13. The van der Waals surface area contributed by atoms with Gasteiger partial charge < -0.3 is 10.5 Å². The van der Waals surface area contributed by atoms with E-state index in [1.807, 2.05) is 18.2 Å². The number of ether oxygens (including phenoxy) is 1. The molecule has 5 nitrogen and oxygen atoms in total. The first-order valence-corrected chi connectivity index (χ1v) is 5.04. The Kier molecular flexibility index (Phi) is 3.30. The van der Waals surface area contributed by atoms with Gasteiger partial charge in [0, 0.05) is 6.20 Å². The molecule has 1 amide bonds. The zero-order valence-electron chi connectivity index (χ0n) is 8.98. The number of primary amides is 1. The van der Waals surface area contributed by atoms with Gasteiger partial charge in [0.15, 0.2) is 0 Å². The van der Waals surface area contributed by atoms with Crippen LogP contribution in [0.2, 0.25) is 0 Å². The molecule has 0 saturated carbocycles. The Labute approximate surface area is 98.3 Å². The molecule has 0 saturated heterocycles. The zero-order valence-corrected chi connectivity index (χ0v) is 8.98. The van der Waals surface area contributed by atoms with Crippen molar-refractivity contribution >= 4 is 5.91 Å². The van der Waals surface area contributed by atoms with Crippen LogP contribution >= 0.6 is 0 Å². The van der Waals surface area contributed by atoms with Crippen molar-refractivity contribution in [2.75, 3.05) is 0 Å². The van der Waals surface area contributed by atoms with Gasteiger partial charge in [-0.25, -0.2) is 9.97 Å². The molecule has 0 radical (unpaired) electrons. The van der Waals surface area contributed by atoms with Gasteiger partial charge in [0.25, 0.3) is 5.91 Å². The third kappa shape index (κ3) is 2.78. The molecule has 2 aromatic rings. The Morgan fingerprint density at radius 2 is 2.00 bits per heavy atom. The van der Waals surface area contributed by atoms with Crippen molar-refractivity contribution in [3.63, 3.8) is 0 Å². The van der Waals surface area contributed by atoms with Crippen LogP contribution in [0.5, 0.6) is 5.75 Å². The van der Waals surface area contributed by atoms with Gasteiger partial charge in [-0.1, -0.05) is 18.2 Å². The fraction of sp³-hybridized carbons (Fsp3) is 0.0833. The van der Waals surface area contributed by atoms with Crippen molar-refractivity contribution in [1.82, 2.24) is 9.97 Å². The first kappa shape index (κ1) is 11.1. The second kappa shape index (κ2) is 5.07. The number of hydrogen-bond acceptors (Lipinski definition) is 4. The highest BCUT2D eigenvalue weighted by molar-refractivity contribution is 5.80. The Hall–Kier alpha value is -2.43. The van der Waals surface area contributed by atoms with E-state index in [0.717, 1.165) is 0 Å². The van der Waals surface area contributed by atoms with E-state index in [1.165, 1.54) is 12.5 Å². The molecule has 0 spiro atoms. The number of nitrogens with zero attached hydrogens (tertiary/aromatic N) is 2. The predicted molar refractivity (Wildman–Crippen MR) is 61.0 cm³/mol. The summed E-state index contributed by atoms with van der Waals surface area (Å²) in [5.41, 5.74) is 5.73. The fourth-order valence-corrected chi connectivity index (χ4v) is 1.36. The van der Waals surface area contributed by atoms with Gasteiger partial charge in [-0.3, -0.25) is 4.79 Å². The largest absolute Gasteiger partial charge is 0.474 e. The molecule has 0 aliphatic heterocycles. The summed E-state index contributed by atoms with van der Waals surface area (Å²) in [7, 11) is 0. The van der Waals surface area contributed by atoms with Crippen LogP contribution in [-0.4, -0.2) is 15.9 Å². The van der Waals surface area contributed by atoms with Crippen molar-refractivity contribution in [3.05, 3.63) is 54.6 Å². The van der Waals surface area contributed by atoms with E-state index in [1.54, 1.807) is 18.2 Å². The van der Waals surface area contributed by atoms with Crippen molar-refractivity contribution in [3.8, 4) is 5.75 Å². The summed E-state index contributed by atoms with van der Waals surface area (Å²) in [4.78, 5) is 19.1. The maximum absolute atomic E-state index is 11.3. The minimum atomic E-state index is -0.902. The lowest BCUT2D eigenvalue weighted by atomic mass is 10.2. The lowest BCUT2D eigenvalue weighted by molar-refractivity contribution is -0.125. The Bertz CT molecular complexity index is 488. The molecule has 1 unspecified atom stereocenters. The monoisotopic (exact) mass is 229 g/mol. The van der Waals surface area contributed by atoms with Gasteiger partial charge in [0.2, 0.25) is 6.10 Å². The van der Waals surface area contributed by atoms with Crippen LogP contribution in [0.4, 0.5) is 0 Å². The molecule has 0 fully saturated rings. The number of amides is 1. The second-order valence-electron chi connectivity index (χ2n) is 3.35. The number of aromatic nitrogens is 2. The van der Waals surface area contributed by atoms with E-state index >= 15 is 0 Å². The van der Waals surface area contributed by atoms with Crippen LogP contribution in [0.1, 0.15) is 11.8 Å². The van der Waals surface area contributed by atoms with Gasteiger partial charge in [-0.05, 0) is 18.2 Å². The van der Waals surface area contributed by atoms with Gasteiger partial charge in [0.05, 0.1) is 5.69 Å². The summed E-state index contributed by atoms with van der Waals surface area (Å²) < 4.78 is 5.50. The highest BCUT2D eigenvalue weighted by Gasteiger charge is 2.20. The van der Waals surface area contributed by atoms with E-state index in [-0.39, 0.29) is 0 Å². The smallest absolute Gasteiger partial charge is 0.264 e. The molecule has 86 valence electrons. The van der Waals surface area contributed by atoms with Crippen molar-refractivity contribution in [2.24, 2.45) is 5.73 Å². The average molecular weight is 229 g/mol. The first-order valence-electron chi connectivity index (χ1n) is 5.04. The van der Waals surface area contributed by atoms with Gasteiger partial charge in [-0.15, -0.1) is 0 Å². The van der Waals surface area contributed by atoms with Gasteiger partial charge in [0.1, 0.15) is 12.1 Å². The molecular weight excluding hydrogens is 218 g/mol. The van der Waals surface area contributed by atoms with Crippen LogP contribution in [0.15, 0.2) is 48.9 Å². The standard InChI is InChI=1S/C12H11N3O2/c13-12(16)11(10-6-7-14-8-15-10)17-9-4-2-1-3-5-9/h1-8,11H,(H2,13,16). The van der Waals surface area contributed by atoms with Crippen LogP contribution < -0.4 is 10.5 Å². The maximum atomic E-state index is 11.3. The number of nitrogens with two attached hydrogens (primary N) is 1. The molecule has 5 heteroatoms. The van der Waals surface area contributed by atoms with E-state index in [2.05, 4.69) is 9.97 Å². The Morgan fingerprint density at radius 1 is 1.24 bits per heavy atom. The summed E-state index contributed by atoms with van der Waals surface area (Å²) in [5, 5.41) is 0. The number of rotatable bonds is 4. The van der Waals surface area contributed by atoms with E-state index in [0.29, 0.717) is 11.4 Å². The van der Waals surface area contributed by atoms with Crippen molar-refractivity contribution < 1.29 is 9.53 Å². The highest BCUT2D eigenvalue weighted by atomic mass is 16.5. The number of benzene rings is 1. The summed E-state index contributed by atoms with van der Waals surface area (Å²) in [6.45, 7) is 0. The quantitative estimate of drug-likeness (QED) is 0.850. The number of carbonyl (C=O) groups is 1. The molecule has 1 aromatic heterocycles. The van der Waals surface area contributed by atoms with Crippen LogP contribution in [0, 0.1) is 0 Å². The molecule has 17 heavy (non-hydrogen) atoms. The Balaban J connectivity index is 2.23. The summed E-state index contributed by atoms with van der Waals surface area (Å²) in [5.74, 6) is -0.0255. The molecule has 2 rings (SSSR count). The van der Waals surface area contributed by atoms with E-state index in [9.17, 15) is 4.79 Å². The fourth-order valence-electron chi connectivity index (χ4n) is 1.36. The van der Waals surface area contributed by atoms with E-state index in [4.69, 9.17) is 10.5 Å². The number of para-hydroxylation sites is 1. The van der Waals surface area contributed by atoms with Crippen LogP contribution in [0.3, 0.4) is 0 Å². The predicted octanol–water partition coefficient (Wildman–Crippen LogP) is 1.08. The minimum absolute atomic E-state index is 0.441. The molecule has 1 heterocycles. The molecular formula is C12H11N3O2. The molecule has 2 N–H and O–H groups in total. The van der Waals surface area contributed by atoms with Crippen molar-refractivity contribution in [2.45, 2.75) is 6.10 Å². The summed E-state index contributed by atoms with van der Waals surface area (Å²) >= 11 is 0. The zero-order chi connectivity index (χ0) is 12.1. The SMILES string of the molecule is NC(=O)C(Oc1ccccc1)c1ccncn1. The molecule has 1 atom stereocenters. The van der Waals surface area contributed by atoms with Crippen molar-refractivity contribution in [1.29, 1.82) is 0 Å². The summed E-state index contributed by atoms with van der Waals surface area (Å²) in [6.07, 6.45) is 1.98. The van der Waals surface area contributed by atoms with Crippen LogP contribution in [0.25, 0.3) is 0 Å². The normalized spacial score (nSPS) is 11.8. The maximum Gasteiger partial charge on any atom is 0.264 e. The second-order valence-corrected chi connectivity index (χ2v) is 3.35. The number of hydrogen-bond donors (Lipinski definition) is 1. The summed E-state index contributed by atoms with van der Waals surface area (Å²) in [6, 6.07) is 10.6. The molecule has 0 bridgehead atoms. The molecule has 0 aliphatic carbocycles. The lowest BCUT2D eigenvalue weighted by Gasteiger charge is -2.14.